The minimum absolute atomic E-state index is 0.749. The molecule has 0 radical (unpaired) electrons. The second-order valence-electron chi connectivity index (χ2n) is 2.76. The minimum atomic E-state index is 0.749. The van der Waals surface area contributed by atoms with Crippen molar-refractivity contribution in [2.75, 3.05) is 0 Å². The van der Waals surface area contributed by atoms with Crippen LogP contribution in [-0.2, 0) is 0 Å². The highest BCUT2D eigenvalue weighted by atomic mass is 32.1. The maximum Gasteiger partial charge on any atom is 0.00761 e. The number of rotatable bonds is 2. The molecule has 0 aliphatic heterocycles. The molecule has 0 saturated carbocycles. The van der Waals surface area contributed by atoms with Gasteiger partial charge in [0, 0.05) is 9.75 Å². The number of thiophene rings is 1. The fourth-order valence-electron chi connectivity index (χ4n) is 0.919. The first kappa shape index (κ1) is 7.80. The van der Waals surface area contributed by atoms with Gasteiger partial charge in [-0.3, -0.25) is 0 Å². The lowest BCUT2D eigenvalue weighted by Gasteiger charge is -2.02. The quantitative estimate of drug-likeness (QED) is 0.611. The van der Waals surface area contributed by atoms with Crippen LogP contribution in [0.3, 0.4) is 0 Å². The van der Waals surface area contributed by atoms with Crippen LogP contribution < -0.4 is 0 Å². The molecule has 0 amide bonds. The molecular weight excluding hydrogens is 140 g/mol. The average Bonchev–Trinajstić information content (AvgIpc) is 2.34. The minimum Gasteiger partial charge on any atom is -0.145 e. The van der Waals surface area contributed by atoms with E-state index in [0.717, 1.165) is 5.92 Å². The Morgan fingerprint density at radius 2 is 2.20 bits per heavy atom. The Balaban J connectivity index is 2.74. The van der Waals surface area contributed by atoms with Crippen LogP contribution in [0.2, 0.25) is 0 Å². The summed E-state index contributed by atoms with van der Waals surface area (Å²) in [6.07, 6.45) is 1.25. The zero-order valence-electron chi connectivity index (χ0n) is 6.85. The summed E-state index contributed by atoms with van der Waals surface area (Å²) in [5, 5.41) is 0. The van der Waals surface area contributed by atoms with E-state index in [4.69, 9.17) is 0 Å². The van der Waals surface area contributed by atoms with Crippen LogP contribution in [0.4, 0.5) is 0 Å². The van der Waals surface area contributed by atoms with Crippen molar-refractivity contribution in [1.29, 1.82) is 0 Å². The summed E-state index contributed by atoms with van der Waals surface area (Å²) in [6.45, 7) is 6.68. The standard InChI is InChI=1S/C9H14S/c1-4-7(2)9-6-5-8(3)10-9/h5-7H,4H2,1-3H3/t7-/m1/s1. The normalized spacial score (nSPS) is 13.5. The molecule has 0 aliphatic carbocycles. The molecule has 1 heterocycles. The van der Waals surface area contributed by atoms with Crippen molar-refractivity contribution < 1.29 is 0 Å². The van der Waals surface area contributed by atoms with Crippen molar-refractivity contribution in [3.8, 4) is 0 Å². The Hall–Kier alpha value is -0.300. The first-order valence-electron chi connectivity index (χ1n) is 3.80. The van der Waals surface area contributed by atoms with Gasteiger partial charge < -0.3 is 0 Å². The van der Waals surface area contributed by atoms with Gasteiger partial charge in [-0.05, 0) is 31.4 Å². The summed E-state index contributed by atoms with van der Waals surface area (Å²) in [6, 6.07) is 4.44. The fraction of sp³-hybridized carbons (Fsp3) is 0.556. The Kier molecular flexibility index (Phi) is 2.50. The monoisotopic (exact) mass is 154 g/mol. The fourth-order valence-corrected chi connectivity index (χ4v) is 1.93. The highest BCUT2D eigenvalue weighted by Crippen LogP contribution is 2.25. The first-order chi connectivity index (χ1) is 4.74. The maximum atomic E-state index is 2.28. The van der Waals surface area contributed by atoms with Crippen molar-refractivity contribution in [2.45, 2.75) is 33.1 Å². The van der Waals surface area contributed by atoms with E-state index < -0.39 is 0 Å². The zero-order valence-corrected chi connectivity index (χ0v) is 7.66. The second kappa shape index (κ2) is 3.20. The van der Waals surface area contributed by atoms with Crippen LogP contribution in [0.15, 0.2) is 12.1 Å². The maximum absolute atomic E-state index is 2.28. The van der Waals surface area contributed by atoms with Gasteiger partial charge in [-0.15, -0.1) is 11.3 Å². The van der Waals surface area contributed by atoms with Crippen LogP contribution in [0, 0.1) is 6.92 Å². The van der Waals surface area contributed by atoms with E-state index in [1.807, 2.05) is 11.3 Å². The summed E-state index contributed by atoms with van der Waals surface area (Å²) < 4.78 is 0. The number of hydrogen-bond donors (Lipinski definition) is 0. The van der Waals surface area contributed by atoms with E-state index in [9.17, 15) is 0 Å². The topological polar surface area (TPSA) is 0 Å². The Morgan fingerprint density at radius 1 is 1.50 bits per heavy atom. The third-order valence-corrected chi connectivity index (χ3v) is 3.09. The van der Waals surface area contributed by atoms with Crippen LogP contribution in [0.25, 0.3) is 0 Å². The highest BCUT2D eigenvalue weighted by molar-refractivity contribution is 7.12. The summed E-state index contributed by atoms with van der Waals surface area (Å²) in [7, 11) is 0. The number of aryl methyl sites for hydroxylation is 1. The van der Waals surface area contributed by atoms with E-state index in [1.165, 1.54) is 16.2 Å². The van der Waals surface area contributed by atoms with Crippen molar-refractivity contribution in [3.05, 3.63) is 21.9 Å². The molecule has 0 aromatic carbocycles. The predicted molar refractivity (Wildman–Crippen MR) is 47.8 cm³/mol. The molecule has 0 nitrogen and oxygen atoms in total. The molecule has 0 unspecified atom stereocenters. The number of hydrogen-bond acceptors (Lipinski definition) is 1. The third kappa shape index (κ3) is 1.60. The van der Waals surface area contributed by atoms with Gasteiger partial charge in [0.1, 0.15) is 0 Å². The third-order valence-electron chi connectivity index (χ3n) is 1.86. The molecule has 0 saturated heterocycles. The Bertz CT molecular complexity index is 200. The zero-order chi connectivity index (χ0) is 7.56. The molecule has 0 aliphatic rings. The SMILES string of the molecule is CC[C@@H](C)c1ccc(C)s1. The largest absolute Gasteiger partial charge is 0.145 e. The Labute approximate surface area is 66.9 Å². The van der Waals surface area contributed by atoms with Crippen molar-refractivity contribution >= 4 is 11.3 Å². The van der Waals surface area contributed by atoms with Gasteiger partial charge in [0.25, 0.3) is 0 Å². The molecule has 1 aromatic heterocycles. The van der Waals surface area contributed by atoms with Gasteiger partial charge in [0.2, 0.25) is 0 Å². The lowest BCUT2D eigenvalue weighted by atomic mass is 10.1. The lowest BCUT2D eigenvalue weighted by molar-refractivity contribution is 0.748. The molecule has 56 valence electrons. The first-order valence-corrected chi connectivity index (χ1v) is 4.62. The Morgan fingerprint density at radius 3 is 2.60 bits per heavy atom. The van der Waals surface area contributed by atoms with Gasteiger partial charge in [0.05, 0.1) is 0 Å². The molecule has 1 heteroatoms. The van der Waals surface area contributed by atoms with Crippen LogP contribution in [0.1, 0.15) is 35.9 Å². The van der Waals surface area contributed by atoms with Crippen LogP contribution in [-0.4, -0.2) is 0 Å². The molecule has 1 atom stereocenters. The summed E-state index contributed by atoms with van der Waals surface area (Å²) in [5.41, 5.74) is 0. The van der Waals surface area contributed by atoms with Gasteiger partial charge in [-0.2, -0.15) is 0 Å². The highest BCUT2D eigenvalue weighted by Gasteiger charge is 2.03. The molecular formula is C9H14S. The second-order valence-corrected chi connectivity index (χ2v) is 4.08. The van der Waals surface area contributed by atoms with E-state index in [1.54, 1.807) is 0 Å². The molecule has 1 rings (SSSR count). The van der Waals surface area contributed by atoms with Gasteiger partial charge in [-0.25, -0.2) is 0 Å². The average molecular weight is 154 g/mol. The van der Waals surface area contributed by atoms with Crippen molar-refractivity contribution in [1.82, 2.24) is 0 Å². The van der Waals surface area contributed by atoms with E-state index in [2.05, 4.69) is 32.9 Å². The molecule has 0 spiro atoms. The molecule has 0 N–H and O–H groups in total. The lowest BCUT2D eigenvalue weighted by Crippen LogP contribution is -1.84. The van der Waals surface area contributed by atoms with E-state index in [0.29, 0.717) is 0 Å². The van der Waals surface area contributed by atoms with Gasteiger partial charge >= 0.3 is 0 Å². The summed E-state index contributed by atoms with van der Waals surface area (Å²) in [4.78, 5) is 2.95. The summed E-state index contributed by atoms with van der Waals surface area (Å²) >= 11 is 1.92. The van der Waals surface area contributed by atoms with E-state index in [-0.39, 0.29) is 0 Å². The molecule has 0 fully saturated rings. The molecule has 10 heavy (non-hydrogen) atoms. The van der Waals surface area contributed by atoms with Crippen LogP contribution in [0.5, 0.6) is 0 Å². The molecule has 1 aromatic rings. The predicted octanol–water partition coefficient (Wildman–Crippen LogP) is 3.57. The van der Waals surface area contributed by atoms with Crippen molar-refractivity contribution in [3.63, 3.8) is 0 Å². The smallest absolute Gasteiger partial charge is 0.00761 e. The van der Waals surface area contributed by atoms with Crippen molar-refractivity contribution in [2.24, 2.45) is 0 Å². The van der Waals surface area contributed by atoms with Crippen LogP contribution >= 0.6 is 11.3 Å². The van der Waals surface area contributed by atoms with Gasteiger partial charge in [0.15, 0.2) is 0 Å². The van der Waals surface area contributed by atoms with E-state index >= 15 is 0 Å². The molecule has 0 bridgehead atoms. The summed E-state index contributed by atoms with van der Waals surface area (Å²) in [5.74, 6) is 0.749. The van der Waals surface area contributed by atoms with Gasteiger partial charge in [-0.1, -0.05) is 13.8 Å².